The lowest BCUT2D eigenvalue weighted by atomic mass is 10.1. The molecular weight excluding hydrogens is 356 g/mol. The Balaban J connectivity index is 1.85. The average molecular weight is 378 g/mol. The predicted octanol–water partition coefficient (Wildman–Crippen LogP) is 2.29. The van der Waals surface area contributed by atoms with Gasteiger partial charge in [0.25, 0.3) is 11.5 Å². The number of pyridine rings is 1. The minimum absolute atomic E-state index is 0.147. The Labute approximate surface area is 162 Å². The molecule has 0 aliphatic heterocycles. The standard InChI is InChI=1S/C21H22N4O3/c1-24(2)13-19(26)22-14-7-6-8-15(11-14)23-21(28)17-12-20(27)25(3)18-10-5-4-9-16(17)18/h4-12H,13H2,1-3H3,(H,22,26)(H,23,28). The van der Waals surface area contributed by atoms with Crippen LogP contribution in [0.3, 0.4) is 0 Å². The van der Waals surface area contributed by atoms with Crippen molar-refractivity contribution in [2.45, 2.75) is 0 Å². The first-order valence-corrected chi connectivity index (χ1v) is 8.80. The molecule has 0 saturated heterocycles. The van der Waals surface area contributed by atoms with Crippen molar-refractivity contribution in [1.29, 1.82) is 0 Å². The molecule has 3 rings (SSSR count). The number of carbonyl (C=O) groups excluding carboxylic acids is 2. The van der Waals surface area contributed by atoms with Crippen LogP contribution in [0.25, 0.3) is 10.9 Å². The quantitative estimate of drug-likeness (QED) is 0.714. The molecule has 1 aromatic heterocycles. The molecule has 0 spiro atoms. The summed E-state index contributed by atoms with van der Waals surface area (Å²) in [6, 6.07) is 15.5. The number of hydrogen-bond donors (Lipinski definition) is 2. The summed E-state index contributed by atoms with van der Waals surface area (Å²) in [5.41, 5.74) is 1.84. The van der Waals surface area contributed by atoms with Crippen molar-refractivity contribution >= 4 is 34.1 Å². The zero-order chi connectivity index (χ0) is 20.3. The highest BCUT2D eigenvalue weighted by Crippen LogP contribution is 2.20. The highest BCUT2D eigenvalue weighted by Gasteiger charge is 2.14. The molecule has 7 heteroatoms. The lowest BCUT2D eigenvalue weighted by Gasteiger charge is -2.12. The van der Waals surface area contributed by atoms with Crippen LogP contribution in [-0.4, -0.2) is 41.9 Å². The molecule has 0 aliphatic rings. The van der Waals surface area contributed by atoms with Gasteiger partial charge in [0.1, 0.15) is 0 Å². The first kappa shape index (κ1) is 19.3. The molecule has 0 atom stereocenters. The van der Waals surface area contributed by atoms with E-state index >= 15 is 0 Å². The Morgan fingerprint density at radius 1 is 0.964 bits per heavy atom. The molecule has 144 valence electrons. The fourth-order valence-electron chi connectivity index (χ4n) is 2.96. The van der Waals surface area contributed by atoms with E-state index in [0.29, 0.717) is 27.8 Å². The number of nitrogens with zero attached hydrogens (tertiary/aromatic N) is 2. The Morgan fingerprint density at radius 3 is 2.36 bits per heavy atom. The molecule has 0 radical (unpaired) electrons. The Morgan fingerprint density at radius 2 is 1.64 bits per heavy atom. The van der Waals surface area contributed by atoms with E-state index in [2.05, 4.69) is 10.6 Å². The highest BCUT2D eigenvalue weighted by molar-refractivity contribution is 6.12. The molecular formula is C21H22N4O3. The van der Waals surface area contributed by atoms with Crippen LogP contribution in [0.5, 0.6) is 0 Å². The second-order valence-electron chi connectivity index (χ2n) is 6.79. The SMILES string of the molecule is CN(C)CC(=O)Nc1cccc(NC(=O)c2cc(=O)n(C)c3ccccc23)c1. The van der Waals surface area contributed by atoms with Crippen LogP contribution in [0, 0.1) is 0 Å². The monoisotopic (exact) mass is 378 g/mol. The first-order valence-electron chi connectivity index (χ1n) is 8.80. The Hall–Kier alpha value is -3.45. The second kappa shape index (κ2) is 8.06. The van der Waals surface area contributed by atoms with Crippen molar-refractivity contribution in [1.82, 2.24) is 9.47 Å². The number of nitrogens with one attached hydrogen (secondary N) is 2. The fraction of sp³-hybridized carbons (Fsp3) is 0.190. The van der Waals surface area contributed by atoms with Crippen molar-refractivity contribution in [3.63, 3.8) is 0 Å². The third-order valence-electron chi connectivity index (χ3n) is 4.26. The van der Waals surface area contributed by atoms with Gasteiger partial charge in [-0.25, -0.2) is 0 Å². The molecule has 2 amide bonds. The maximum atomic E-state index is 12.8. The molecule has 0 saturated carbocycles. The van der Waals surface area contributed by atoms with Gasteiger partial charge in [0.05, 0.1) is 17.6 Å². The number of rotatable bonds is 5. The van der Waals surface area contributed by atoms with Gasteiger partial charge in [-0.05, 0) is 38.4 Å². The number of benzene rings is 2. The highest BCUT2D eigenvalue weighted by atomic mass is 16.2. The van der Waals surface area contributed by atoms with E-state index in [1.807, 2.05) is 32.3 Å². The molecule has 28 heavy (non-hydrogen) atoms. The molecule has 0 fully saturated rings. The summed E-state index contributed by atoms with van der Waals surface area (Å²) in [7, 11) is 5.29. The summed E-state index contributed by atoms with van der Waals surface area (Å²) in [4.78, 5) is 38.7. The van der Waals surface area contributed by atoms with Crippen LogP contribution in [0.4, 0.5) is 11.4 Å². The maximum Gasteiger partial charge on any atom is 0.256 e. The number of amides is 2. The van der Waals surface area contributed by atoms with Crippen LogP contribution in [0.1, 0.15) is 10.4 Å². The first-order chi connectivity index (χ1) is 13.3. The molecule has 7 nitrogen and oxygen atoms in total. The van der Waals surface area contributed by atoms with Crippen molar-refractivity contribution in [2.24, 2.45) is 7.05 Å². The maximum absolute atomic E-state index is 12.8. The average Bonchev–Trinajstić information content (AvgIpc) is 2.64. The molecule has 2 aromatic carbocycles. The van der Waals surface area contributed by atoms with Crippen molar-refractivity contribution in [3.8, 4) is 0 Å². The largest absolute Gasteiger partial charge is 0.325 e. The molecule has 0 unspecified atom stereocenters. The molecule has 0 bridgehead atoms. The minimum atomic E-state index is -0.384. The van der Waals surface area contributed by atoms with Gasteiger partial charge in [0.2, 0.25) is 5.91 Å². The van der Waals surface area contributed by atoms with Crippen LogP contribution in [-0.2, 0) is 11.8 Å². The summed E-state index contributed by atoms with van der Waals surface area (Å²) in [5.74, 6) is -0.531. The number of aromatic nitrogens is 1. The van der Waals surface area contributed by atoms with Crippen LogP contribution in [0.15, 0.2) is 59.4 Å². The summed E-state index contributed by atoms with van der Waals surface area (Å²) in [6.45, 7) is 0.260. The molecule has 3 aromatic rings. The van der Waals surface area contributed by atoms with Gasteiger partial charge in [0, 0.05) is 29.9 Å². The van der Waals surface area contributed by atoms with Gasteiger partial charge in [-0.3, -0.25) is 14.4 Å². The van der Waals surface area contributed by atoms with Crippen LogP contribution < -0.4 is 16.2 Å². The zero-order valence-electron chi connectivity index (χ0n) is 16.0. The van der Waals surface area contributed by atoms with E-state index in [1.54, 1.807) is 42.3 Å². The number of hydrogen-bond acceptors (Lipinski definition) is 4. The number of aryl methyl sites for hydroxylation is 1. The fourth-order valence-corrected chi connectivity index (χ4v) is 2.96. The van der Waals surface area contributed by atoms with Gasteiger partial charge in [-0.1, -0.05) is 24.3 Å². The normalized spacial score (nSPS) is 10.9. The third kappa shape index (κ3) is 4.27. The van der Waals surface area contributed by atoms with E-state index in [-0.39, 0.29) is 23.9 Å². The van der Waals surface area contributed by atoms with E-state index in [0.717, 1.165) is 0 Å². The summed E-state index contributed by atoms with van der Waals surface area (Å²) < 4.78 is 1.51. The Kier molecular flexibility index (Phi) is 5.56. The van der Waals surface area contributed by atoms with Gasteiger partial charge < -0.3 is 20.1 Å². The van der Waals surface area contributed by atoms with E-state index in [4.69, 9.17) is 0 Å². The topological polar surface area (TPSA) is 83.4 Å². The van der Waals surface area contributed by atoms with Crippen molar-refractivity contribution in [2.75, 3.05) is 31.3 Å². The van der Waals surface area contributed by atoms with E-state index in [9.17, 15) is 14.4 Å². The van der Waals surface area contributed by atoms with Crippen molar-refractivity contribution < 1.29 is 9.59 Å². The minimum Gasteiger partial charge on any atom is -0.325 e. The predicted molar refractivity (Wildman–Crippen MR) is 111 cm³/mol. The van der Waals surface area contributed by atoms with Crippen LogP contribution >= 0.6 is 0 Å². The van der Waals surface area contributed by atoms with Gasteiger partial charge >= 0.3 is 0 Å². The lowest BCUT2D eigenvalue weighted by Crippen LogP contribution is -2.27. The number of likely N-dealkylation sites (N-methyl/N-ethyl adjacent to an activating group) is 1. The molecule has 1 heterocycles. The van der Waals surface area contributed by atoms with Gasteiger partial charge in [-0.2, -0.15) is 0 Å². The van der Waals surface area contributed by atoms with E-state index < -0.39 is 0 Å². The smallest absolute Gasteiger partial charge is 0.256 e. The third-order valence-corrected chi connectivity index (χ3v) is 4.26. The summed E-state index contributed by atoms with van der Waals surface area (Å²) in [5, 5.41) is 6.28. The Bertz CT molecular complexity index is 1100. The lowest BCUT2D eigenvalue weighted by molar-refractivity contribution is -0.116. The molecule has 0 aliphatic carbocycles. The number of fused-ring (bicyclic) bond motifs is 1. The van der Waals surface area contributed by atoms with E-state index in [1.165, 1.54) is 10.6 Å². The number of anilines is 2. The number of para-hydroxylation sites is 1. The second-order valence-corrected chi connectivity index (χ2v) is 6.79. The zero-order valence-corrected chi connectivity index (χ0v) is 16.0. The molecule has 2 N–H and O–H groups in total. The van der Waals surface area contributed by atoms with Crippen molar-refractivity contribution in [3.05, 3.63) is 70.5 Å². The summed E-state index contributed by atoms with van der Waals surface area (Å²) in [6.07, 6.45) is 0. The van der Waals surface area contributed by atoms with Gasteiger partial charge in [-0.15, -0.1) is 0 Å². The van der Waals surface area contributed by atoms with Crippen LogP contribution in [0.2, 0.25) is 0 Å². The van der Waals surface area contributed by atoms with Gasteiger partial charge in [0.15, 0.2) is 0 Å². The summed E-state index contributed by atoms with van der Waals surface area (Å²) >= 11 is 0. The number of carbonyl (C=O) groups is 2.